The zero-order chi connectivity index (χ0) is 19.8. The van der Waals surface area contributed by atoms with Gasteiger partial charge in [-0.2, -0.15) is 8.78 Å². The molecule has 2 aromatic rings. The fourth-order valence-electron chi connectivity index (χ4n) is 2.19. The molecule has 0 heterocycles. The maximum absolute atomic E-state index is 12.1. The van der Waals surface area contributed by atoms with E-state index in [1.165, 1.54) is 38.3 Å². The summed E-state index contributed by atoms with van der Waals surface area (Å²) in [6.45, 7) is -1.51. The normalized spacial score (nSPS) is 10.7. The van der Waals surface area contributed by atoms with Gasteiger partial charge in [0.25, 0.3) is 0 Å². The quantitative estimate of drug-likeness (QED) is 0.719. The Hall–Kier alpha value is -3.42. The molecule has 0 atom stereocenters. The van der Waals surface area contributed by atoms with Gasteiger partial charge in [-0.25, -0.2) is 0 Å². The molecule has 0 bridgehead atoms. The van der Waals surface area contributed by atoms with Crippen LogP contribution in [0, 0.1) is 0 Å². The number of methoxy groups -OCH3 is 1. The Morgan fingerprint density at radius 3 is 2.37 bits per heavy atom. The lowest BCUT2D eigenvalue weighted by Crippen LogP contribution is -2.10. The first-order valence-corrected chi connectivity index (χ1v) is 7.87. The molecule has 0 aromatic heterocycles. The number of amides is 2. The Kier molecular flexibility index (Phi) is 6.87. The van der Waals surface area contributed by atoms with E-state index in [4.69, 9.17) is 4.74 Å². The van der Waals surface area contributed by atoms with Crippen molar-refractivity contribution in [1.82, 2.24) is 0 Å². The SMILES string of the molecule is COc1ccc(NC(C)=O)cc1NC(=O)/C=C/c1ccc(OC(F)F)cc1. The molecule has 0 radical (unpaired) electrons. The monoisotopic (exact) mass is 376 g/mol. The number of nitrogens with one attached hydrogen (secondary N) is 2. The molecule has 0 fully saturated rings. The maximum atomic E-state index is 12.1. The summed E-state index contributed by atoms with van der Waals surface area (Å²) in [6.07, 6.45) is 2.80. The van der Waals surface area contributed by atoms with Crippen molar-refractivity contribution < 1.29 is 27.8 Å². The molecular formula is C19H18F2N2O4. The molecule has 2 amide bonds. The van der Waals surface area contributed by atoms with E-state index >= 15 is 0 Å². The number of hydrogen-bond donors (Lipinski definition) is 2. The van der Waals surface area contributed by atoms with E-state index in [0.717, 1.165) is 0 Å². The Labute approximate surface area is 154 Å². The molecule has 0 saturated heterocycles. The summed E-state index contributed by atoms with van der Waals surface area (Å²) in [6, 6.07) is 10.7. The minimum Gasteiger partial charge on any atom is -0.495 e. The molecular weight excluding hydrogens is 358 g/mol. The van der Waals surface area contributed by atoms with Crippen molar-refractivity contribution in [2.24, 2.45) is 0 Å². The Bertz CT molecular complexity index is 836. The molecule has 0 spiro atoms. The van der Waals surface area contributed by atoms with E-state index in [2.05, 4.69) is 15.4 Å². The Morgan fingerprint density at radius 2 is 1.78 bits per heavy atom. The van der Waals surface area contributed by atoms with Crippen LogP contribution in [0.2, 0.25) is 0 Å². The number of carbonyl (C=O) groups excluding carboxylic acids is 2. The average Bonchev–Trinajstić information content (AvgIpc) is 2.60. The van der Waals surface area contributed by atoms with E-state index in [0.29, 0.717) is 22.7 Å². The van der Waals surface area contributed by atoms with Crippen LogP contribution in [0.15, 0.2) is 48.5 Å². The van der Waals surface area contributed by atoms with E-state index in [1.807, 2.05) is 0 Å². The lowest BCUT2D eigenvalue weighted by atomic mass is 10.2. The maximum Gasteiger partial charge on any atom is 0.387 e. The summed E-state index contributed by atoms with van der Waals surface area (Å²) in [4.78, 5) is 23.3. The average molecular weight is 376 g/mol. The van der Waals surface area contributed by atoms with Gasteiger partial charge in [0, 0.05) is 18.7 Å². The Morgan fingerprint density at radius 1 is 1.07 bits per heavy atom. The zero-order valence-corrected chi connectivity index (χ0v) is 14.7. The van der Waals surface area contributed by atoms with Crippen molar-refractivity contribution >= 4 is 29.3 Å². The summed E-state index contributed by atoms with van der Waals surface area (Å²) in [5.74, 6) is -0.205. The van der Waals surface area contributed by atoms with Gasteiger partial charge in [0.1, 0.15) is 11.5 Å². The number of hydrogen-bond acceptors (Lipinski definition) is 4. The van der Waals surface area contributed by atoms with Crippen LogP contribution >= 0.6 is 0 Å². The fraction of sp³-hybridized carbons (Fsp3) is 0.158. The smallest absolute Gasteiger partial charge is 0.387 e. The van der Waals surface area contributed by atoms with Crippen molar-refractivity contribution in [3.05, 3.63) is 54.1 Å². The zero-order valence-electron chi connectivity index (χ0n) is 14.7. The van der Waals surface area contributed by atoms with Crippen molar-refractivity contribution in [1.29, 1.82) is 0 Å². The molecule has 2 aromatic carbocycles. The highest BCUT2D eigenvalue weighted by Crippen LogP contribution is 2.28. The van der Waals surface area contributed by atoms with Crippen molar-refractivity contribution in [2.45, 2.75) is 13.5 Å². The fourth-order valence-corrected chi connectivity index (χ4v) is 2.19. The molecule has 0 aliphatic carbocycles. The van der Waals surface area contributed by atoms with E-state index < -0.39 is 12.5 Å². The molecule has 2 rings (SSSR count). The largest absolute Gasteiger partial charge is 0.495 e. The van der Waals surface area contributed by atoms with E-state index in [9.17, 15) is 18.4 Å². The van der Waals surface area contributed by atoms with Crippen LogP contribution in [0.1, 0.15) is 12.5 Å². The predicted octanol–water partition coefficient (Wildman–Crippen LogP) is 3.91. The van der Waals surface area contributed by atoms with Gasteiger partial charge < -0.3 is 20.1 Å². The van der Waals surface area contributed by atoms with Crippen LogP contribution in [0.3, 0.4) is 0 Å². The van der Waals surface area contributed by atoms with Crippen LogP contribution in [0.4, 0.5) is 20.2 Å². The summed E-state index contributed by atoms with van der Waals surface area (Å²) in [5.41, 5.74) is 1.53. The third kappa shape index (κ3) is 6.43. The summed E-state index contributed by atoms with van der Waals surface area (Å²) < 4.78 is 33.7. The topological polar surface area (TPSA) is 76.7 Å². The number of alkyl halides is 2. The van der Waals surface area contributed by atoms with Gasteiger partial charge in [0.15, 0.2) is 0 Å². The predicted molar refractivity (Wildman–Crippen MR) is 98.0 cm³/mol. The Balaban J connectivity index is 2.06. The number of rotatable bonds is 7. The van der Waals surface area contributed by atoms with E-state index in [-0.39, 0.29) is 11.7 Å². The minimum atomic E-state index is -2.89. The molecule has 6 nitrogen and oxygen atoms in total. The van der Waals surface area contributed by atoms with E-state index in [1.54, 1.807) is 30.3 Å². The minimum absolute atomic E-state index is 0.0334. The lowest BCUT2D eigenvalue weighted by molar-refractivity contribution is -0.114. The second-order valence-electron chi connectivity index (χ2n) is 5.37. The molecule has 8 heteroatoms. The van der Waals surface area contributed by atoms with Crippen LogP contribution < -0.4 is 20.1 Å². The number of ether oxygens (including phenoxy) is 2. The third-order valence-electron chi connectivity index (χ3n) is 3.31. The summed E-state index contributed by atoms with van der Waals surface area (Å²) in [5, 5.41) is 5.27. The highest BCUT2D eigenvalue weighted by atomic mass is 19.3. The molecule has 0 aliphatic heterocycles. The van der Waals surface area contributed by atoms with Crippen molar-refractivity contribution in [2.75, 3.05) is 17.7 Å². The number of halogens is 2. The van der Waals surface area contributed by atoms with Crippen LogP contribution in [0.5, 0.6) is 11.5 Å². The second-order valence-corrected chi connectivity index (χ2v) is 5.37. The van der Waals surface area contributed by atoms with Gasteiger partial charge >= 0.3 is 6.61 Å². The summed E-state index contributed by atoms with van der Waals surface area (Å²) in [7, 11) is 1.46. The molecule has 27 heavy (non-hydrogen) atoms. The standard InChI is InChI=1S/C19H18F2N2O4/c1-12(24)22-14-6-9-17(26-2)16(11-14)23-18(25)10-5-13-3-7-15(8-4-13)27-19(20)21/h3-11,19H,1-2H3,(H,22,24)(H,23,25)/b10-5+. The molecule has 0 saturated carbocycles. The first-order chi connectivity index (χ1) is 12.9. The first-order valence-electron chi connectivity index (χ1n) is 7.87. The number of benzene rings is 2. The van der Waals surface area contributed by atoms with Crippen molar-refractivity contribution in [3.8, 4) is 11.5 Å². The van der Waals surface area contributed by atoms with Gasteiger partial charge in [0.05, 0.1) is 12.8 Å². The molecule has 2 N–H and O–H groups in total. The van der Waals surface area contributed by atoms with Crippen LogP contribution in [0.25, 0.3) is 6.08 Å². The molecule has 0 unspecified atom stereocenters. The van der Waals surface area contributed by atoms with Crippen LogP contribution in [-0.2, 0) is 9.59 Å². The van der Waals surface area contributed by atoms with Gasteiger partial charge in [-0.15, -0.1) is 0 Å². The third-order valence-corrected chi connectivity index (χ3v) is 3.31. The van der Waals surface area contributed by atoms with Gasteiger partial charge in [0.2, 0.25) is 11.8 Å². The highest BCUT2D eigenvalue weighted by Gasteiger charge is 2.08. The lowest BCUT2D eigenvalue weighted by Gasteiger charge is -2.11. The van der Waals surface area contributed by atoms with Crippen molar-refractivity contribution in [3.63, 3.8) is 0 Å². The van der Waals surface area contributed by atoms with Gasteiger partial charge in [-0.05, 0) is 42.0 Å². The summed E-state index contributed by atoms with van der Waals surface area (Å²) >= 11 is 0. The first kappa shape index (κ1) is 19.9. The number of carbonyl (C=O) groups is 2. The highest BCUT2D eigenvalue weighted by molar-refractivity contribution is 6.03. The van der Waals surface area contributed by atoms with Gasteiger partial charge in [-0.1, -0.05) is 12.1 Å². The number of anilines is 2. The van der Waals surface area contributed by atoms with Crippen LogP contribution in [-0.4, -0.2) is 25.5 Å². The second kappa shape index (κ2) is 9.33. The molecule has 142 valence electrons. The molecule has 0 aliphatic rings. The van der Waals surface area contributed by atoms with Gasteiger partial charge in [-0.3, -0.25) is 9.59 Å².